The molecule has 1 rings (SSSR count). The van der Waals surface area contributed by atoms with Crippen molar-refractivity contribution in [1.29, 1.82) is 0 Å². The Kier molecular flexibility index (Phi) is 7.10. The van der Waals surface area contributed by atoms with E-state index >= 15 is 0 Å². The summed E-state index contributed by atoms with van der Waals surface area (Å²) < 4.78 is 0. The summed E-state index contributed by atoms with van der Waals surface area (Å²) in [5.41, 5.74) is 2.70. The average Bonchev–Trinajstić information content (AvgIpc) is 2.19. The first kappa shape index (κ1) is 14.2. The van der Waals surface area contributed by atoms with Crippen LogP contribution in [0.1, 0.15) is 25.8 Å². The quantitative estimate of drug-likeness (QED) is 0.827. The number of hydrogen-bond donors (Lipinski definition) is 1. The summed E-state index contributed by atoms with van der Waals surface area (Å²) in [6.45, 7) is 4.38. The van der Waals surface area contributed by atoms with Gasteiger partial charge in [0.2, 0.25) is 0 Å². The van der Waals surface area contributed by atoms with Crippen LogP contribution in [0.5, 0.6) is 0 Å². The Hall–Kier alpha value is -0.790. The topological polar surface area (TPSA) is 12.0 Å². The first-order valence-corrected chi connectivity index (χ1v) is 5.12. The normalized spacial score (nSPS) is 13.1. The van der Waals surface area contributed by atoms with Crippen LogP contribution < -0.4 is 5.32 Å². The second kappa shape index (κ2) is 7.49. The SMILES string of the molecule is CNC(C)C/C(C)=C/c1ccccc1.Cl. The smallest absolute Gasteiger partial charge is 0.00729 e. The van der Waals surface area contributed by atoms with Crippen LogP contribution >= 0.6 is 12.4 Å². The number of hydrogen-bond acceptors (Lipinski definition) is 1. The highest BCUT2D eigenvalue weighted by Crippen LogP contribution is 2.10. The highest BCUT2D eigenvalue weighted by atomic mass is 35.5. The van der Waals surface area contributed by atoms with Crippen LogP contribution in [0, 0.1) is 0 Å². The Morgan fingerprint density at radius 2 is 1.93 bits per heavy atom. The van der Waals surface area contributed by atoms with Gasteiger partial charge in [0.05, 0.1) is 0 Å². The second-order valence-corrected chi connectivity index (χ2v) is 3.80. The van der Waals surface area contributed by atoms with Gasteiger partial charge in [0.25, 0.3) is 0 Å². The highest BCUT2D eigenvalue weighted by molar-refractivity contribution is 5.85. The standard InChI is InChI=1S/C13H19N.ClH/c1-11(9-12(2)14-3)10-13-7-5-4-6-8-13;/h4-8,10,12,14H,9H2,1-3H3;1H/b11-10+;. The third-order valence-corrected chi connectivity index (χ3v) is 2.33. The predicted molar refractivity (Wildman–Crippen MR) is 70.5 cm³/mol. The molecule has 15 heavy (non-hydrogen) atoms. The lowest BCUT2D eigenvalue weighted by Crippen LogP contribution is -2.20. The lowest BCUT2D eigenvalue weighted by molar-refractivity contribution is 0.607. The maximum atomic E-state index is 3.24. The number of halogens is 1. The van der Waals surface area contributed by atoms with Crippen LogP contribution in [0.15, 0.2) is 35.9 Å². The van der Waals surface area contributed by atoms with Gasteiger partial charge in [-0.1, -0.05) is 42.0 Å². The van der Waals surface area contributed by atoms with Gasteiger partial charge in [0.1, 0.15) is 0 Å². The largest absolute Gasteiger partial charge is 0.317 e. The monoisotopic (exact) mass is 225 g/mol. The molecule has 0 bridgehead atoms. The molecule has 0 fully saturated rings. The van der Waals surface area contributed by atoms with Crippen molar-refractivity contribution < 1.29 is 0 Å². The minimum Gasteiger partial charge on any atom is -0.317 e. The molecule has 1 nitrogen and oxygen atoms in total. The summed E-state index contributed by atoms with van der Waals surface area (Å²) in [5, 5.41) is 3.24. The number of benzene rings is 1. The maximum absolute atomic E-state index is 3.24. The zero-order chi connectivity index (χ0) is 10.4. The summed E-state index contributed by atoms with van der Waals surface area (Å²) >= 11 is 0. The summed E-state index contributed by atoms with van der Waals surface area (Å²) in [4.78, 5) is 0. The van der Waals surface area contributed by atoms with Crippen molar-refractivity contribution in [2.75, 3.05) is 7.05 Å². The molecule has 0 saturated carbocycles. The molecular formula is C13H20ClN. The van der Waals surface area contributed by atoms with Gasteiger partial charge in [-0.05, 0) is 32.9 Å². The minimum atomic E-state index is 0. The van der Waals surface area contributed by atoms with Gasteiger partial charge in [0, 0.05) is 6.04 Å². The number of nitrogens with one attached hydrogen (secondary N) is 1. The fourth-order valence-corrected chi connectivity index (χ4v) is 1.48. The van der Waals surface area contributed by atoms with E-state index in [0.717, 1.165) is 6.42 Å². The van der Waals surface area contributed by atoms with Gasteiger partial charge in [-0.2, -0.15) is 0 Å². The van der Waals surface area contributed by atoms with E-state index in [9.17, 15) is 0 Å². The lowest BCUT2D eigenvalue weighted by atomic mass is 10.1. The minimum absolute atomic E-state index is 0. The van der Waals surface area contributed by atoms with E-state index in [1.807, 2.05) is 13.1 Å². The van der Waals surface area contributed by atoms with Crippen LogP contribution in [0.2, 0.25) is 0 Å². The lowest BCUT2D eigenvalue weighted by Gasteiger charge is -2.09. The van der Waals surface area contributed by atoms with E-state index in [4.69, 9.17) is 0 Å². The first-order chi connectivity index (χ1) is 6.72. The van der Waals surface area contributed by atoms with Crippen molar-refractivity contribution in [2.24, 2.45) is 0 Å². The molecule has 1 aromatic rings. The van der Waals surface area contributed by atoms with Crippen molar-refractivity contribution >= 4 is 18.5 Å². The summed E-state index contributed by atoms with van der Waals surface area (Å²) in [6, 6.07) is 11.0. The third kappa shape index (κ3) is 5.60. The van der Waals surface area contributed by atoms with Gasteiger partial charge in [-0.25, -0.2) is 0 Å². The summed E-state index contributed by atoms with van der Waals surface area (Å²) in [5.74, 6) is 0. The Morgan fingerprint density at radius 1 is 1.33 bits per heavy atom. The molecule has 1 unspecified atom stereocenters. The molecule has 0 aliphatic heterocycles. The molecule has 0 aromatic heterocycles. The fourth-order valence-electron chi connectivity index (χ4n) is 1.48. The molecular weight excluding hydrogens is 206 g/mol. The maximum Gasteiger partial charge on any atom is 0.00729 e. The molecule has 0 radical (unpaired) electrons. The van der Waals surface area contributed by atoms with Crippen LogP contribution in [-0.4, -0.2) is 13.1 Å². The van der Waals surface area contributed by atoms with E-state index < -0.39 is 0 Å². The highest BCUT2D eigenvalue weighted by Gasteiger charge is 1.98. The molecule has 0 spiro atoms. The van der Waals surface area contributed by atoms with E-state index in [0.29, 0.717) is 6.04 Å². The Labute approximate surface area is 99.0 Å². The van der Waals surface area contributed by atoms with E-state index in [-0.39, 0.29) is 12.4 Å². The third-order valence-electron chi connectivity index (χ3n) is 2.33. The molecule has 2 heteroatoms. The Balaban J connectivity index is 0.00000196. The van der Waals surface area contributed by atoms with Crippen LogP contribution in [-0.2, 0) is 0 Å². The molecule has 84 valence electrons. The van der Waals surface area contributed by atoms with Crippen molar-refractivity contribution in [1.82, 2.24) is 5.32 Å². The predicted octanol–water partition coefficient (Wildman–Crippen LogP) is 3.51. The molecule has 0 aliphatic rings. The van der Waals surface area contributed by atoms with E-state index in [1.54, 1.807) is 0 Å². The average molecular weight is 226 g/mol. The Bertz CT molecular complexity index is 293. The van der Waals surface area contributed by atoms with Crippen LogP contribution in [0.25, 0.3) is 6.08 Å². The van der Waals surface area contributed by atoms with Crippen molar-refractivity contribution in [3.63, 3.8) is 0 Å². The van der Waals surface area contributed by atoms with Gasteiger partial charge >= 0.3 is 0 Å². The Morgan fingerprint density at radius 3 is 2.47 bits per heavy atom. The van der Waals surface area contributed by atoms with Gasteiger partial charge < -0.3 is 5.32 Å². The second-order valence-electron chi connectivity index (χ2n) is 3.80. The van der Waals surface area contributed by atoms with Crippen molar-refractivity contribution in [3.05, 3.63) is 41.5 Å². The van der Waals surface area contributed by atoms with Crippen molar-refractivity contribution in [3.8, 4) is 0 Å². The summed E-state index contributed by atoms with van der Waals surface area (Å²) in [7, 11) is 2.00. The molecule has 1 aromatic carbocycles. The van der Waals surface area contributed by atoms with Gasteiger partial charge in [-0.3, -0.25) is 0 Å². The van der Waals surface area contributed by atoms with E-state index in [2.05, 4.69) is 49.5 Å². The molecule has 0 aliphatic carbocycles. The molecule has 0 heterocycles. The van der Waals surface area contributed by atoms with Gasteiger partial charge in [0.15, 0.2) is 0 Å². The number of rotatable bonds is 4. The fraction of sp³-hybridized carbons (Fsp3) is 0.385. The first-order valence-electron chi connectivity index (χ1n) is 5.12. The zero-order valence-electron chi connectivity index (χ0n) is 9.66. The summed E-state index contributed by atoms with van der Waals surface area (Å²) in [6.07, 6.45) is 3.35. The molecule has 1 atom stereocenters. The zero-order valence-corrected chi connectivity index (χ0v) is 10.5. The van der Waals surface area contributed by atoms with Crippen LogP contribution in [0.4, 0.5) is 0 Å². The molecule has 0 amide bonds. The van der Waals surface area contributed by atoms with Gasteiger partial charge in [-0.15, -0.1) is 12.4 Å². The van der Waals surface area contributed by atoms with E-state index in [1.165, 1.54) is 11.1 Å². The van der Waals surface area contributed by atoms with Crippen molar-refractivity contribution in [2.45, 2.75) is 26.3 Å². The molecule has 0 saturated heterocycles. The van der Waals surface area contributed by atoms with Crippen LogP contribution in [0.3, 0.4) is 0 Å². The molecule has 1 N–H and O–H groups in total.